The molecule has 1 aromatic carbocycles. The van der Waals surface area contributed by atoms with Gasteiger partial charge in [-0.2, -0.15) is 4.31 Å². The number of nitrogens with zero attached hydrogens (tertiary/aromatic N) is 2. The Morgan fingerprint density at radius 3 is 2.36 bits per heavy atom. The molecule has 1 aliphatic rings. The van der Waals surface area contributed by atoms with Crippen LogP contribution in [0.2, 0.25) is 10.0 Å². The number of hydrogen-bond donors (Lipinski definition) is 1. The fourth-order valence-electron chi connectivity index (χ4n) is 3.32. The van der Waals surface area contributed by atoms with Gasteiger partial charge in [0.25, 0.3) is 5.91 Å². The molecule has 0 atom stereocenters. The fraction of sp³-hybridized carbons (Fsp3) is 0.421. The lowest BCUT2D eigenvalue weighted by atomic mass is 10.1. The van der Waals surface area contributed by atoms with E-state index in [1.807, 2.05) is 0 Å². The van der Waals surface area contributed by atoms with Crippen LogP contribution in [-0.4, -0.2) is 42.8 Å². The zero-order valence-electron chi connectivity index (χ0n) is 15.6. The lowest BCUT2D eigenvalue weighted by molar-refractivity contribution is 0.0946. The molecule has 1 N–H and O–H groups in total. The Morgan fingerprint density at radius 2 is 1.71 bits per heavy atom. The summed E-state index contributed by atoms with van der Waals surface area (Å²) in [5.41, 5.74) is 1.22. The monoisotopic (exact) mass is 443 g/mol. The van der Waals surface area contributed by atoms with E-state index in [0.29, 0.717) is 41.8 Å². The van der Waals surface area contributed by atoms with E-state index in [1.54, 1.807) is 29.8 Å². The van der Waals surface area contributed by atoms with Crippen molar-refractivity contribution in [3.8, 4) is 0 Å². The maximum Gasteiger partial charge on any atom is 0.267 e. The van der Waals surface area contributed by atoms with Crippen LogP contribution >= 0.6 is 23.2 Å². The molecule has 1 saturated heterocycles. The van der Waals surface area contributed by atoms with E-state index in [2.05, 4.69) is 5.32 Å². The summed E-state index contributed by atoms with van der Waals surface area (Å²) in [6.45, 7) is 1.44. The molecule has 0 radical (unpaired) electrons. The van der Waals surface area contributed by atoms with Crippen molar-refractivity contribution in [2.24, 2.45) is 7.05 Å². The van der Waals surface area contributed by atoms with Gasteiger partial charge in [-0.25, -0.2) is 8.42 Å². The largest absolute Gasteiger partial charge is 0.350 e. The molecule has 2 aromatic rings. The van der Waals surface area contributed by atoms with Crippen molar-refractivity contribution in [1.82, 2.24) is 14.2 Å². The van der Waals surface area contributed by atoms with Gasteiger partial charge in [0.1, 0.15) is 10.6 Å². The van der Waals surface area contributed by atoms with Gasteiger partial charge in [-0.05, 0) is 49.1 Å². The Kier molecular flexibility index (Phi) is 6.70. The van der Waals surface area contributed by atoms with Crippen molar-refractivity contribution in [2.75, 3.05) is 19.6 Å². The molecule has 3 rings (SSSR count). The first-order valence-corrected chi connectivity index (χ1v) is 11.4. The van der Waals surface area contributed by atoms with E-state index in [9.17, 15) is 13.2 Å². The molecular formula is C19H23Cl2N3O3S. The maximum atomic E-state index is 12.8. The predicted molar refractivity (Wildman–Crippen MR) is 111 cm³/mol. The van der Waals surface area contributed by atoms with Crippen LogP contribution in [0.15, 0.2) is 35.4 Å². The summed E-state index contributed by atoms with van der Waals surface area (Å²) < 4.78 is 28.6. The Bertz CT molecular complexity index is 947. The molecule has 6 nitrogen and oxygen atoms in total. The van der Waals surface area contributed by atoms with E-state index in [4.69, 9.17) is 23.2 Å². The van der Waals surface area contributed by atoms with Gasteiger partial charge in [0, 0.05) is 42.9 Å². The summed E-state index contributed by atoms with van der Waals surface area (Å²) in [6.07, 6.45) is 4.84. The summed E-state index contributed by atoms with van der Waals surface area (Å²) in [6, 6.07) is 6.69. The fourth-order valence-corrected chi connectivity index (χ4v) is 5.48. The molecule has 0 aliphatic carbocycles. The third kappa shape index (κ3) is 4.89. The van der Waals surface area contributed by atoms with Crippen molar-refractivity contribution in [1.29, 1.82) is 0 Å². The van der Waals surface area contributed by atoms with Crippen LogP contribution < -0.4 is 5.32 Å². The highest BCUT2D eigenvalue weighted by Crippen LogP contribution is 2.22. The van der Waals surface area contributed by atoms with Gasteiger partial charge >= 0.3 is 0 Å². The number of aryl methyl sites for hydroxylation is 1. The molecular weight excluding hydrogens is 421 g/mol. The highest BCUT2D eigenvalue weighted by Gasteiger charge is 2.28. The van der Waals surface area contributed by atoms with Gasteiger partial charge in [0.15, 0.2) is 0 Å². The molecule has 28 heavy (non-hydrogen) atoms. The molecule has 1 aromatic heterocycles. The first kappa shape index (κ1) is 21.2. The minimum Gasteiger partial charge on any atom is -0.350 e. The van der Waals surface area contributed by atoms with Crippen LogP contribution in [0, 0.1) is 0 Å². The molecule has 0 saturated carbocycles. The number of rotatable bonds is 6. The second kappa shape index (κ2) is 8.86. The van der Waals surface area contributed by atoms with Crippen molar-refractivity contribution in [3.63, 3.8) is 0 Å². The van der Waals surface area contributed by atoms with Crippen LogP contribution in [0.5, 0.6) is 0 Å². The molecule has 1 amide bonds. The van der Waals surface area contributed by atoms with E-state index >= 15 is 0 Å². The number of aromatic nitrogens is 1. The summed E-state index contributed by atoms with van der Waals surface area (Å²) in [5, 5.41) is 3.91. The number of piperidine rings is 1. The van der Waals surface area contributed by atoms with Gasteiger partial charge in [0.2, 0.25) is 10.0 Å². The second-order valence-corrected chi connectivity index (χ2v) is 9.73. The lowest BCUT2D eigenvalue weighted by Gasteiger charge is -2.25. The number of nitrogens with one attached hydrogen (secondary N) is 1. The molecule has 152 valence electrons. The average molecular weight is 444 g/mol. The zero-order chi connectivity index (χ0) is 20.3. The quantitative estimate of drug-likeness (QED) is 0.742. The van der Waals surface area contributed by atoms with E-state index < -0.39 is 10.0 Å². The standard InChI is InChI=1S/C19H23Cl2N3O3S/c1-23-13-17(28(26,27)24-7-3-2-4-8-24)12-18(23)19(25)22-6-5-14-9-15(20)11-16(21)10-14/h9-13H,2-8H2,1H3,(H,22,25). The van der Waals surface area contributed by atoms with Gasteiger partial charge in [-0.3, -0.25) is 4.79 Å². The van der Waals surface area contributed by atoms with Gasteiger partial charge in [-0.1, -0.05) is 29.6 Å². The van der Waals surface area contributed by atoms with Crippen molar-refractivity contribution in [3.05, 3.63) is 51.8 Å². The molecule has 0 bridgehead atoms. The molecule has 0 spiro atoms. The number of benzene rings is 1. The second-order valence-electron chi connectivity index (χ2n) is 6.92. The third-order valence-electron chi connectivity index (χ3n) is 4.79. The van der Waals surface area contributed by atoms with E-state index in [0.717, 1.165) is 24.8 Å². The smallest absolute Gasteiger partial charge is 0.267 e. The third-order valence-corrected chi connectivity index (χ3v) is 7.09. The summed E-state index contributed by atoms with van der Waals surface area (Å²) >= 11 is 12.0. The topological polar surface area (TPSA) is 71.4 Å². The van der Waals surface area contributed by atoms with Crippen molar-refractivity contribution in [2.45, 2.75) is 30.6 Å². The van der Waals surface area contributed by atoms with Crippen LogP contribution in [0.4, 0.5) is 0 Å². The van der Waals surface area contributed by atoms with Gasteiger partial charge in [0.05, 0.1) is 0 Å². The summed E-state index contributed by atoms with van der Waals surface area (Å²) in [4.78, 5) is 12.7. The van der Waals surface area contributed by atoms with Gasteiger partial charge < -0.3 is 9.88 Å². The van der Waals surface area contributed by atoms with Crippen molar-refractivity contribution >= 4 is 39.1 Å². The molecule has 1 fully saturated rings. The minimum atomic E-state index is -3.57. The van der Waals surface area contributed by atoms with E-state index in [1.165, 1.54) is 16.6 Å². The molecule has 1 aliphatic heterocycles. The first-order chi connectivity index (χ1) is 13.3. The first-order valence-electron chi connectivity index (χ1n) is 9.17. The number of sulfonamides is 1. The van der Waals surface area contributed by atoms with Crippen LogP contribution in [0.1, 0.15) is 35.3 Å². The van der Waals surface area contributed by atoms with E-state index in [-0.39, 0.29) is 10.8 Å². The van der Waals surface area contributed by atoms with Crippen molar-refractivity contribution < 1.29 is 13.2 Å². The highest BCUT2D eigenvalue weighted by molar-refractivity contribution is 7.89. The Labute approximate surface area is 175 Å². The van der Waals surface area contributed by atoms with Gasteiger partial charge in [-0.15, -0.1) is 0 Å². The average Bonchev–Trinajstić information content (AvgIpc) is 3.04. The Morgan fingerprint density at radius 1 is 1.07 bits per heavy atom. The number of hydrogen-bond acceptors (Lipinski definition) is 3. The Hall–Kier alpha value is -1.54. The highest BCUT2D eigenvalue weighted by atomic mass is 35.5. The SMILES string of the molecule is Cn1cc(S(=O)(=O)N2CCCCC2)cc1C(=O)NCCc1cc(Cl)cc(Cl)c1. The molecule has 2 heterocycles. The number of carbonyl (C=O) groups is 1. The number of halogens is 2. The zero-order valence-corrected chi connectivity index (χ0v) is 17.9. The minimum absolute atomic E-state index is 0.156. The van der Waals surface area contributed by atoms with Crippen LogP contribution in [0.3, 0.4) is 0 Å². The molecule has 9 heteroatoms. The predicted octanol–water partition coefficient (Wildman–Crippen LogP) is 3.48. The maximum absolute atomic E-state index is 12.8. The number of amides is 1. The molecule has 0 unspecified atom stereocenters. The van der Waals surface area contributed by atoms with Crippen LogP contribution in [-0.2, 0) is 23.5 Å². The summed E-state index contributed by atoms with van der Waals surface area (Å²) in [5.74, 6) is -0.323. The lowest BCUT2D eigenvalue weighted by Crippen LogP contribution is -2.35. The van der Waals surface area contributed by atoms with Crippen LogP contribution in [0.25, 0.3) is 0 Å². The Balaban J connectivity index is 1.66. The normalized spacial score (nSPS) is 15.5. The number of carbonyl (C=O) groups excluding carboxylic acids is 1. The summed E-state index contributed by atoms with van der Waals surface area (Å²) in [7, 11) is -1.90.